The zero-order chi connectivity index (χ0) is 7.66. The Hall–Kier alpha value is -0.460. The second-order valence-corrected chi connectivity index (χ2v) is 2.35. The third-order valence-corrected chi connectivity index (χ3v) is 1.28. The molecule has 0 heterocycles. The second-order valence-electron chi connectivity index (χ2n) is 2.35. The smallest absolute Gasteiger partial charge is 0.0141 e. The number of rotatable bonds is 6. The minimum atomic E-state index is 0.992. The fraction of sp³-hybridized carbons (Fsp3) is 0.667. The Labute approximate surface area is 64.5 Å². The lowest BCUT2D eigenvalue weighted by Gasteiger charge is -1.95. The van der Waals surface area contributed by atoms with E-state index in [4.69, 9.17) is 0 Å². The lowest BCUT2D eigenvalue weighted by Crippen LogP contribution is -2.05. The van der Waals surface area contributed by atoms with Gasteiger partial charge in [-0.15, -0.1) is 0 Å². The molecule has 0 aliphatic carbocycles. The molecule has 1 heteroatoms. The maximum absolute atomic E-state index is 3.74. The normalized spacial score (nSPS) is 10.6. The predicted octanol–water partition coefficient (Wildman–Crippen LogP) is 2.50. The van der Waals surface area contributed by atoms with Crippen molar-refractivity contribution in [2.75, 3.05) is 6.54 Å². The Morgan fingerprint density at radius 2 is 2.30 bits per heavy atom. The molecule has 0 aromatic rings. The van der Waals surface area contributed by atoms with Crippen molar-refractivity contribution in [3.63, 3.8) is 0 Å². The molecule has 0 spiro atoms. The highest BCUT2D eigenvalue weighted by atomic mass is 14.8. The van der Waals surface area contributed by atoms with Crippen molar-refractivity contribution in [1.29, 1.82) is 0 Å². The molecule has 0 bridgehead atoms. The summed E-state index contributed by atoms with van der Waals surface area (Å²) in [7, 11) is 0. The van der Waals surface area contributed by atoms with Crippen molar-refractivity contribution >= 4 is 0 Å². The van der Waals surface area contributed by atoms with Gasteiger partial charge in [-0.25, -0.2) is 0 Å². The summed E-state index contributed by atoms with van der Waals surface area (Å²) in [5, 5.41) is 3.21. The molecular weight excluding hydrogens is 122 g/mol. The molecule has 0 unspecified atom stereocenters. The van der Waals surface area contributed by atoms with Gasteiger partial charge in [0.2, 0.25) is 0 Å². The molecule has 0 fully saturated rings. The van der Waals surface area contributed by atoms with E-state index in [1.807, 2.05) is 6.20 Å². The summed E-state index contributed by atoms with van der Waals surface area (Å²) in [6, 6.07) is 0. The molecule has 0 aliphatic heterocycles. The van der Waals surface area contributed by atoms with Gasteiger partial charge in [-0.2, -0.15) is 0 Å². The van der Waals surface area contributed by atoms with E-state index in [0.717, 1.165) is 19.4 Å². The summed E-state index contributed by atoms with van der Waals surface area (Å²) in [4.78, 5) is 0. The van der Waals surface area contributed by atoms with E-state index in [0.29, 0.717) is 0 Å². The first-order valence-electron chi connectivity index (χ1n) is 4.09. The summed E-state index contributed by atoms with van der Waals surface area (Å²) in [6.45, 7) is 7.04. The maximum atomic E-state index is 3.74. The van der Waals surface area contributed by atoms with Crippen molar-refractivity contribution in [3.8, 4) is 0 Å². The van der Waals surface area contributed by atoms with Crippen molar-refractivity contribution in [3.05, 3.63) is 19.2 Å². The van der Waals surface area contributed by atoms with E-state index in [1.165, 1.54) is 12.8 Å². The number of nitrogens with one attached hydrogen (secondary N) is 1. The molecule has 0 saturated carbocycles. The van der Waals surface area contributed by atoms with Crippen LogP contribution < -0.4 is 5.32 Å². The monoisotopic (exact) mass is 140 g/mol. The van der Waals surface area contributed by atoms with Crippen molar-refractivity contribution in [2.45, 2.75) is 32.6 Å². The summed E-state index contributed by atoms with van der Waals surface area (Å²) in [5.74, 6) is 0. The Kier molecular flexibility index (Phi) is 8.15. The third kappa shape index (κ3) is 7.54. The Morgan fingerprint density at radius 1 is 1.50 bits per heavy atom. The first-order chi connectivity index (χ1) is 4.91. The van der Waals surface area contributed by atoms with Crippen LogP contribution in [0.1, 0.15) is 32.6 Å². The number of hydrogen-bond acceptors (Lipinski definition) is 1. The van der Waals surface area contributed by atoms with Gasteiger partial charge in [0.25, 0.3) is 0 Å². The fourth-order valence-corrected chi connectivity index (χ4v) is 0.647. The van der Waals surface area contributed by atoms with E-state index in [-0.39, 0.29) is 0 Å². The molecule has 59 valence electrons. The molecular formula is C9H18N. The molecule has 1 N–H and O–H groups in total. The van der Waals surface area contributed by atoms with Gasteiger partial charge in [-0.05, 0) is 25.5 Å². The SMILES string of the molecule is [CH2]CC/C=C/NCCCC. The lowest BCUT2D eigenvalue weighted by atomic mass is 10.3. The van der Waals surface area contributed by atoms with Gasteiger partial charge >= 0.3 is 0 Å². The molecule has 0 rings (SSSR count). The fourth-order valence-electron chi connectivity index (χ4n) is 0.647. The molecule has 0 atom stereocenters. The van der Waals surface area contributed by atoms with Crippen molar-refractivity contribution < 1.29 is 0 Å². The second kappa shape index (κ2) is 8.54. The van der Waals surface area contributed by atoms with Crippen LogP contribution in [0.5, 0.6) is 0 Å². The molecule has 0 amide bonds. The zero-order valence-electron chi connectivity index (χ0n) is 6.90. The van der Waals surface area contributed by atoms with E-state index in [1.54, 1.807) is 0 Å². The highest BCUT2D eigenvalue weighted by molar-refractivity contribution is 4.79. The summed E-state index contributed by atoms with van der Waals surface area (Å²) >= 11 is 0. The summed E-state index contributed by atoms with van der Waals surface area (Å²) in [6.07, 6.45) is 8.75. The van der Waals surface area contributed by atoms with Gasteiger partial charge in [-0.1, -0.05) is 26.3 Å². The number of hydrogen-bond donors (Lipinski definition) is 1. The van der Waals surface area contributed by atoms with Crippen LogP contribution in [0, 0.1) is 6.92 Å². The lowest BCUT2D eigenvalue weighted by molar-refractivity contribution is 0.733. The molecule has 0 aromatic heterocycles. The zero-order valence-corrected chi connectivity index (χ0v) is 6.90. The Bertz CT molecular complexity index is 76.8. The standard InChI is InChI=1S/C9H18N/c1-3-5-7-9-10-8-6-4-2/h7,9-10H,1,3-6,8H2,2H3/b9-7+. The van der Waals surface area contributed by atoms with Crippen LogP contribution in [0.15, 0.2) is 12.3 Å². The topological polar surface area (TPSA) is 12.0 Å². The van der Waals surface area contributed by atoms with Gasteiger partial charge < -0.3 is 5.32 Å². The van der Waals surface area contributed by atoms with Gasteiger partial charge in [0.1, 0.15) is 0 Å². The van der Waals surface area contributed by atoms with E-state index < -0.39 is 0 Å². The summed E-state index contributed by atoms with van der Waals surface area (Å²) in [5.41, 5.74) is 0. The maximum Gasteiger partial charge on any atom is 0.0141 e. The van der Waals surface area contributed by atoms with Crippen molar-refractivity contribution in [1.82, 2.24) is 5.32 Å². The molecule has 10 heavy (non-hydrogen) atoms. The van der Waals surface area contributed by atoms with Crippen LogP contribution in [-0.2, 0) is 0 Å². The molecule has 1 nitrogen and oxygen atoms in total. The van der Waals surface area contributed by atoms with E-state index in [9.17, 15) is 0 Å². The van der Waals surface area contributed by atoms with Gasteiger partial charge in [0.05, 0.1) is 0 Å². The molecule has 1 radical (unpaired) electrons. The minimum Gasteiger partial charge on any atom is -0.391 e. The quantitative estimate of drug-likeness (QED) is 0.559. The Morgan fingerprint density at radius 3 is 2.90 bits per heavy atom. The number of unbranched alkanes of at least 4 members (excludes halogenated alkanes) is 2. The van der Waals surface area contributed by atoms with Crippen LogP contribution >= 0.6 is 0 Å². The highest BCUT2D eigenvalue weighted by Crippen LogP contribution is 1.86. The average molecular weight is 140 g/mol. The van der Waals surface area contributed by atoms with Gasteiger partial charge in [0.15, 0.2) is 0 Å². The molecule has 0 aromatic carbocycles. The number of allylic oxidation sites excluding steroid dienone is 1. The predicted molar refractivity (Wildman–Crippen MR) is 46.6 cm³/mol. The first-order valence-corrected chi connectivity index (χ1v) is 4.09. The largest absolute Gasteiger partial charge is 0.391 e. The van der Waals surface area contributed by atoms with Gasteiger partial charge in [-0.3, -0.25) is 0 Å². The van der Waals surface area contributed by atoms with E-state index in [2.05, 4.69) is 25.2 Å². The first kappa shape index (κ1) is 9.54. The molecule has 0 aliphatic rings. The average Bonchev–Trinajstić information content (AvgIpc) is 1.97. The van der Waals surface area contributed by atoms with Crippen LogP contribution in [0.25, 0.3) is 0 Å². The van der Waals surface area contributed by atoms with Crippen LogP contribution in [-0.4, -0.2) is 6.54 Å². The van der Waals surface area contributed by atoms with Crippen LogP contribution in [0.3, 0.4) is 0 Å². The molecule has 0 saturated heterocycles. The van der Waals surface area contributed by atoms with Crippen LogP contribution in [0.4, 0.5) is 0 Å². The minimum absolute atomic E-state index is 0.992. The summed E-state index contributed by atoms with van der Waals surface area (Å²) < 4.78 is 0. The third-order valence-electron chi connectivity index (χ3n) is 1.28. The van der Waals surface area contributed by atoms with Crippen LogP contribution in [0.2, 0.25) is 0 Å². The Balaban J connectivity index is 2.88. The van der Waals surface area contributed by atoms with E-state index >= 15 is 0 Å². The highest BCUT2D eigenvalue weighted by Gasteiger charge is 1.77. The van der Waals surface area contributed by atoms with Gasteiger partial charge in [0, 0.05) is 6.54 Å². The van der Waals surface area contributed by atoms with Crippen molar-refractivity contribution in [2.24, 2.45) is 0 Å².